The zero-order valence-electron chi connectivity index (χ0n) is 10.3. The van der Waals surface area contributed by atoms with Crippen molar-refractivity contribution in [1.29, 1.82) is 0 Å². The first kappa shape index (κ1) is 13.4. The number of rotatable bonds is 3. The van der Waals surface area contributed by atoms with Gasteiger partial charge in [-0.15, -0.1) is 0 Å². The highest BCUT2D eigenvalue weighted by atomic mass is 79.9. The molecule has 0 aromatic heterocycles. The average molecular weight is 314 g/mol. The highest BCUT2D eigenvalue weighted by Gasteiger charge is 2.18. The predicted molar refractivity (Wildman–Crippen MR) is 71.8 cm³/mol. The summed E-state index contributed by atoms with van der Waals surface area (Å²) in [6, 6.07) is 5.72. The Balaban J connectivity index is 2.06. The van der Waals surface area contributed by atoms with Crippen LogP contribution in [0.4, 0.5) is 0 Å². The summed E-state index contributed by atoms with van der Waals surface area (Å²) in [5.74, 6) is 0.866. The van der Waals surface area contributed by atoms with Gasteiger partial charge in [0.15, 0.2) is 0 Å². The van der Waals surface area contributed by atoms with E-state index in [-0.39, 0.29) is 5.91 Å². The third-order valence-electron chi connectivity index (χ3n) is 2.95. The Bertz CT molecular complexity index is 430. The van der Waals surface area contributed by atoms with Gasteiger partial charge in [0.2, 0.25) is 5.91 Å². The van der Waals surface area contributed by atoms with Gasteiger partial charge < -0.3 is 14.4 Å². The fourth-order valence-corrected chi connectivity index (χ4v) is 2.29. The van der Waals surface area contributed by atoms with Crippen molar-refractivity contribution < 1.29 is 14.3 Å². The highest BCUT2D eigenvalue weighted by Crippen LogP contribution is 2.24. The molecule has 0 N–H and O–H groups in total. The number of benzene rings is 1. The number of carbonyl (C=O) groups is 1. The van der Waals surface area contributed by atoms with Gasteiger partial charge in [0.05, 0.1) is 26.7 Å². The molecule has 0 spiro atoms. The molecule has 1 saturated heterocycles. The molecule has 1 fully saturated rings. The Morgan fingerprint density at radius 3 is 2.83 bits per heavy atom. The van der Waals surface area contributed by atoms with Crippen LogP contribution in [-0.2, 0) is 16.0 Å². The maximum absolute atomic E-state index is 12.1. The number of carbonyl (C=O) groups excluding carboxylic acids is 1. The van der Waals surface area contributed by atoms with Gasteiger partial charge in [0, 0.05) is 23.1 Å². The third-order valence-corrected chi connectivity index (χ3v) is 3.45. The van der Waals surface area contributed by atoms with Gasteiger partial charge in [-0.25, -0.2) is 0 Å². The van der Waals surface area contributed by atoms with Crippen molar-refractivity contribution >= 4 is 21.8 Å². The second kappa shape index (κ2) is 6.20. The summed E-state index contributed by atoms with van der Waals surface area (Å²) < 4.78 is 11.5. The molecular weight excluding hydrogens is 298 g/mol. The Hall–Kier alpha value is -1.07. The summed E-state index contributed by atoms with van der Waals surface area (Å²) in [6.07, 6.45) is 0.371. The molecule has 0 saturated carbocycles. The molecule has 5 heteroatoms. The highest BCUT2D eigenvalue weighted by molar-refractivity contribution is 9.10. The number of morpholine rings is 1. The van der Waals surface area contributed by atoms with Gasteiger partial charge in [0.1, 0.15) is 5.75 Å². The first-order valence-corrected chi connectivity index (χ1v) is 6.68. The van der Waals surface area contributed by atoms with E-state index >= 15 is 0 Å². The van der Waals surface area contributed by atoms with E-state index in [1.165, 1.54) is 0 Å². The van der Waals surface area contributed by atoms with E-state index in [9.17, 15) is 4.79 Å². The molecule has 0 atom stereocenters. The van der Waals surface area contributed by atoms with Crippen molar-refractivity contribution in [2.24, 2.45) is 0 Å². The molecule has 0 bridgehead atoms. The SMILES string of the molecule is COc1cc(Br)ccc1CC(=O)N1CCOCC1. The molecule has 0 radical (unpaired) electrons. The maximum Gasteiger partial charge on any atom is 0.227 e. The molecule has 98 valence electrons. The monoisotopic (exact) mass is 313 g/mol. The quantitative estimate of drug-likeness (QED) is 0.855. The van der Waals surface area contributed by atoms with Crippen LogP contribution >= 0.6 is 15.9 Å². The lowest BCUT2D eigenvalue weighted by molar-refractivity contribution is -0.134. The van der Waals surface area contributed by atoms with Crippen LogP contribution in [0.25, 0.3) is 0 Å². The van der Waals surface area contributed by atoms with Crippen LogP contribution in [0.2, 0.25) is 0 Å². The standard InChI is InChI=1S/C13H16BrNO3/c1-17-12-9-11(14)3-2-10(12)8-13(16)15-4-6-18-7-5-15/h2-3,9H,4-8H2,1H3. The Labute approximate surface area is 115 Å². The van der Waals surface area contributed by atoms with Crippen molar-refractivity contribution in [2.75, 3.05) is 33.4 Å². The zero-order valence-corrected chi connectivity index (χ0v) is 11.9. The number of nitrogens with zero attached hydrogens (tertiary/aromatic N) is 1. The first-order valence-electron chi connectivity index (χ1n) is 5.88. The minimum absolute atomic E-state index is 0.124. The predicted octanol–water partition coefficient (Wildman–Crippen LogP) is 1.86. The molecule has 2 rings (SSSR count). The van der Waals surface area contributed by atoms with E-state index < -0.39 is 0 Å². The molecule has 1 aliphatic heterocycles. The number of hydrogen-bond acceptors (Lipinski definition) is 3. The molecule has 4 nitrogen and oxygen atoms in total. The summed E-state index contributed by atoms with van der Waals surface area (Å²) in [5, 5.41) is 0. The Morgan fingerprint density at radius 2 is 2.17 bits per heavy atom. The number of methoxy groups -OCH3 is 1. The molecular formula is C13H16BrNO3. The van der Waals surface area contributed by atoms with Crippen molar-refractivity contribution in [3.63, 3.8) is 0 Å². The lowest BCUT2D eigenvalue weighted by Crippen LogP contribution is -2.41. The molecule has 1 amide bonds. The van der Waals surface area contributed by atoms with Gasteiger partial charge in [-0.3, -0.25) is 4.79 Å². The molecule has 1 aliphatic rings. The van der Waals surface area contributed by atoms with Crippen LogP contribution in [0, 0.1) is 0 Å². The summed E-state index contributed by atoms with van der Waals surface area (Å²) >= 11 is 3.39. The second-order valence-electron chi connectivity index (χ2n) is 4.13. The summed E-state index contributed by atoms with van der Waals surface area (Å²) in [7, 11) is 1.62. The average Bonchev–Trinajstić information content (AvgIpc) is 2.41. The molecule has 0 unspecified atom stereocenters. The molecule has 0 aliphatic carbocycles. The fraction of sp³-hybridized carbons (Fsp3) is 0.462. The van der Waals surface area contributed by atoms with Crippen LogP contribution in [0.15, 0.2) is 22.7 Å². The van der Waals surface area contributed by atoms with Crippen LogP contribution in [0.1, 0.15) is 5.56 Å². The van der Waals surface area contributed by atoms with Gasteiger partial charge in [-0.1, -0.05) is 22.0 Å². The summed E-state index contributed by atoms with van der Waals surface area (Å²) in [6.45, 7) is 2.61. The fourth-order valence-electron chi connectivity index (χ4n) is 1.95. The van der Waals surface area contributed by atoms with Gasteiger partial charge in [-0.2, -0.15) is 0 Å². The molecule has 18 heavy (non-hydrogen) atoms. The van der Waals surface area contributed by atoms with E-state index in [2.05, 4.69) is 15.9 Å². The third kappa shape index (κ3) is 3.23. The van der Waals surface area contributed by atoms with E-state index in [1.807, 2.05) is 23.1 Å². The number of hydrogen-bond donors (Lipinski definition) is 0. The summed E-state index contributed by atoms with van der Waals surface area (Å²) in [4.78, 5) is 14.0. The van der Waals surface area contributed by atoms with Gasteiger partial charge in [-0.05, 0) is 12.1 Å². The Kier molecular flexibility index (Phi) is 4.60. The largest absolute Gasteiger partial charge is 0.496 e. The minimum Gasteiger partial charge on any atom is -0.496 e. The first-order chi connectivity index (χ1) is 8.70. The normalized spacial score (nSPS) is 15.6. The number of halogens is 1. The smallest absolute Gasteiger partial charge is 0.227 e. The van der Waals surface area contributed by atoms with Gasteiger partial charge >= 0.3 is 0 Å². The van der Waals surface area contributed by atoms with Gasteiger partial charge in [0.25, 0.3) is 0 Å². The molecule has 1 aromatic rings. The van der Waals surface area contributed by atoms with E-state index in [0.29, 0.717) is 32.7 Å². The van der Waals surface area contributed by atoms with E-state index in [1.54, 1.807) is 7.11 Å². The van der Waals surface area contributed by atoms with E-state index in [4.69, 9.17) is 9.47 Å². The van der Waals surface area contributed by atoms with Crippen molar-refractivity contribution in [3.05, 3.63) is 28.2 Å². The minimum atomic E-state index is 0.124. The second-order valence-corrected chi connectivity index (χ2v) is 5.04. The van der Waals surface area contributed by atoms with Crippen molar-refractivity contribution in [3.8, 4) is 5.75 Å². The number of ether oxygens (including phenoxy) is 2. The zero-order chi connectivity index (χ0) is 13.0. The number of amides is 1. The lowest BCUT2D eigenvalue weighted by Gasteiger charge is -2.27. The molecule has 1 aromatic carbocycles. The maximum atomic E-state index is 12.1. The van der Waals surface area contributed by atoms with E-state index in [0.717, 1.165) is 15.8 Å². The molecule has 1 heterocycles. The topological polar surface area (TPSA) is 38.8 Å². The van der Waals surface area contributed by atoms with Crippen LogP contribution < -0.4 is 4.74 Å². The van der Waals surface area contributed by atoms with Crippen LogP contribution in [0.3, 0.4) is 0 Å². The lowest BCUT2D eigenvalue weighted by atomic mass is 10.1. The van der Waals surface area contributed by atoms with Crippen molar-refractivity contribution in [1.82, 2.24) is 4.90 Å². The Morgan fingerprint density at radius 1 is 1.44 bits per heavy atom. The van der Waals surface area contributed by atoms with Crippen molar-refractivity contribution in [2.45, 2.75) is 6.42 Å². The summed E-state index contributed by atoms with van der Waals surface area (Å²) in [5.41, 5.74) is 0.914. The van der Waals surface area contributed by atoms with Crippen LogP contribution in [-0.4, -0.2) is 44.2 Å². The van der Waals surface area contributed by atoms with Crippen LogP contribution in [0.5, 0.6) is 5.75 Å².